The third-order valence-electron chi connectivity index (χ3n) is 2.63. The number of carbonyl (C=O) groups is 1. The minimum atomic E-state index is -0.140. The lowest BCUT2D eigenvalue weighted by molar-refractivity contribution is -0.118. The van der Waals surface area contributed by atoms with Gasteiger partial charge < -0.3 is 21.5 Å². The van der Waals surface area contributed by atoms with Gasteiger partial charge in [0.2, 0.25) is 17.8 Å². The molecule has 8 nitrogen and oxygen atoms in total. The Balaban J connectivity index is 1.80. The third-order valence-corrected chi connectivity index (χ3v) is 3.48. The number of nitrogens with two attached hydrogens (primary N) is 2. The minimum Gasteiger partial charge on any atom is -0.497 e. The number of carbonyl (C=O) groups excluding carboxylic acids is 1. The molecule has 0 aliphatic rings. The highest BCUT2D eigenvalue weighted by atomic mass is 32.2. The van der Waals surface area contributed by atoms with Crippen LogP contribution in [0.2, 0.25) is 0 Å². The number of methoxy groups -OCH3 is 1. The van der Waals surface area contributed by atoms with Gasteiger partial charge in [0.15, 0.2) is 5.16 Å². The van der Waals surface area contributed by atoms with E-state index in [9.17, 15) is 4.79 Å². The summed E-state index contributed by atoms with van der Waals surface area (Å²) in [4.78, 5) is 23.2. The van der Waals surface area contributed by atoms with Crippen LogP contribution in [0.4, 0.5) is 11.9 Å². The van der Waals surface area contributed by atoms with Crippen LogP contribution in [0.15, 0.2) is 29.4 Å². The number of nitrogens with zero attached hydrogens (tertiary/aromatic N) is 3. The average Bonchev–Trinajstić information content (AvgIpc) is 2.50. The first kappa shape index (κ1) is 15.8. The lowest BCUT2D eigenvalue weighted by atomic mass is 10.2. The lowest BCUT2D eigenvalue weighted by Crippen LogP contribution is -2.24. The third kappa shape index (κ3) is 4.77. The summed E-state index contributed by atoms with van der Waals surface area (Å²) in [7, 11) is 1.61. The van der Waals surface area contributed by atoms with Gasteiger partial charge in [-0.05, 0) is 17.7 Å². The summed E-state index contributed by atoms with van der Waals surface area (Å²) in [5.74, 6) is 0.871. The summed E-state index contributed by atoms with van der Waals surface area (Å²) >= 11 is 1.14. The summed E-state index contributed by atoms with van der Waals surface area (Å²) in [6, 6.07) is 7.46. The number of hydrogen-bond donors (Lipinski definition) is 3. The van der Waals surface area contributed by atoms with E-state index in [0.717, 1.165) is 23.1 Å². The van der Waals surface area contributed by atoms with Gasteiger partial charge >= 0.3 is 0 Å². The smallest absolute Gasteiger partial charge is 0.230 e. The van der Waals surface area contributed by atoms with Crippen LogP contribution in [-0.2, 0) is 11.3 Å². The molecule has 0 spiro atoms. The molecule has 116 valence electrons. The standard InChI is InChI=1S/C13H16N6O2S/c1-21-9-4-2-8(3-5-9)6-16-10(20)7-22-13-18-11(14)17-12(15)19-13/h2-5H,6-7H2,1H3,(H,16,20)(H4,14,15,17,18,19). The van der Waals surface area contributed by atoms with Crippen LogP contribution in [0, 0.1) is 0 Å². The number of benzene rings is 1. The Kier molecular flexibility index (Phi) is 5.37. The van der Waals surface area contributed by atoms with Gasteiger partial charge in [-0.1, -0.05) is 23.9 Å². The quantitative estimate of drug-likeness (QED) is 0.654. The molecule has 1 aromatic heterocycles. The van der Waals surface area contributed by atoms with Gasteiger partial charge in [-0.3, -0.25) is 4.79 Å². The van der Waals surface area contributed by atoms with Crippen LogP contribution < -0.4 is 21.5 Å². The summed E-state index contributed by atoms with van der Waals surface area (Å²) < 4.78 is 5.07. The number of nitrogen functional groups attached to an aromatic ring is 2. The fourth-order valence-electron chi connectivity index (χ4n) is 1.58. The normalized spacial score (nSPS) is 10.2. The van der Waals surface area contributed by atoms with E-state index in [1.54, 1.807) is 7.11 Å². The van der Waals surface area contributed by atoms with Crippen LogP contribution in [0.5, 0.6) is 5.75 Å². The SMILES string of the molecule is COc1ccc(CNC(=O)CSc2nc(N)nc(N)n2)cc1. The van der Waals surface area contributed by atoms with E-state index < -0.39 is 0 Å². The Morgan fingerprint density at radius 2 is 1.82 bits per heavy atom. The molecule has 0 aliphatic carbocycles. The van der Waals surface area contributed by atoms with Crippen molar-refractivity contribution in [3.8, 4) is 5.75 Å². The molecule has 22 heavy (non-hydrogen) atoms. The maximum atomic E-state index is 11.8. The monoisotopic (exact) mass is 320 g/mol. The number of rotatable bonds is 6. The second-order valence-corrected chi connectivity index (χ2v) is 5.19. The molecule has 0 atom stereocenters. The Morgan fingerprint density at radius 1 is 1.18 bits per heavy atom. The van der Waals surface area contributed by atoms with Crippen LogP contribution in [0.1, 0.15) is 5.56 Å². The Labute approximate surface area is 131 Å². The van der Waals surface area contributed by atoms with Crippen molar-refractivity contribution in [1.29, 1.82) is 0 Å². The first-order valence-corrected chi connectivity index (χ1v) is 7.35. The molecule has 0 aliphatic heterocycles. The van der Waals surface area contributed by atoms with E-state index in [2.05, 4.69) is 20.3 Å². The zero-order chi connectivity index (χ0) is 15.9. The second-order valence-electron chi connectivity index (χ2n) is 4.25. The number of amides is 1. The molecule has 1 aromatic carbocycles. The van der Waals surface area contributed by atoms with Crippen molar-refractivity contribution in [1.82, 2.24) is 20.3 Å². The van der Waals surface area contributed by atoms with Crippen molar-refractivity contribution in [2.24, 2.45) is 0 Å². The van der Waals surface area contributed by atoms with Crippen molar-refractivity contribution >= 4 is 29.6 Å². The molecule has 0 saturated carbocycles. The highest BCUT2D eigenvalue weighted by molar-refractivity contribution is 7.99. The van der Waals surface area contributed by atoms with Gasteiger partial charge in [0, 0.05) is 6.54 Å². The number of ether oxygens (including phenoxy) is 1. The molecule has 0 unspecified atom stereocenters. The summed E-state index contributed by atoms with van der Waals surface area (Å²) in [5, 5.41) is 3.13. The molecule has 9 heteroatoms. The van der Waals surface area contributed by atoms with Gasteiger partial charge in [0.05, 0.1) is 12.9 Å². The van der Waals surface area contributed by atoms with Crippen LogP contribution in [0.3, 0.4) is 0 Å². The highest BCUT2D eigenvalue weighted by Gasteiger charge is 2.07. The van der Waals surface area contributed by atoms with Gasteiger partial charge in [0.25, 0.3) is 0 Å². The van der Waals surface area contributed by atoms with E-state index in [0.29, 0.717) is 11.7 Å². The van der Waals surface area contributed by atoms with E-state index in [-0.39, 0.29) is 23.6 Å². The molecule has 2 rings (SSSR count). The van der Waals surface area contributed by atoms with Crippen LogP contribution in [0.25, 0.3) is 0 Å². The van der Waals surface area contributed by atoms with Crippen molar-refractivity contribution < 1.29 is 9.53 Å². The molecule has 1 amide bonds. The van der Waals surface area contributed by atoms with E-state index in [1.165, 1.54) is 0 Å². The Morgan fingerprint density at radius 3 is 2.41 bits per heavy atom. The average molecular weight is 320 g/mol. The highest BCUT2D eigenvalue weighted by Crippen LogP contribution is 2.14. The molecule has 1 heterocycles. The van der Waals surface area contributed by atoms with E-state index in [1.807, 2.05) is 24.3 Å². The fourth-order valence-corrected chi connectivity index (χ4v) is 2.26. The number of aromatic nitrogens is 3. The molecule has 2 aromatic rings. The van der Waals surface area contributed by atoms with Crippen molar-refractivity contribution in [3.63, 3.8) is 0 Å². The van der Waals surface area contributed by atoms with Gasteiger partial charge in [0.1, 0.15) is 5.75 Å². The Hall–Kier alpha value is -2.55. The molecule has 0 saturated heterocycles. The lowest BCUT2D eigenvalue weighted by Gasteiger charge is -2.06. The number of anilines is 2. The number of thioether (sulfide) groups is 1. The summed E-state index contributed by atoms with van der Waals surface area (Å²) in [5.41, 5.74) is 11.9. The molecular weight excluding hydrogens is 304 g/mol. The molecule has 0 bridgehead atoms. The summed E-state index contributed by atoms with van der Waals surface area (Å²) in [6.07, 6.45) is 0. The molecule has 5 N–H and O–H groups in total. The first-order chi connectivity index (χ1) is 10.6. The van der Waals surface area contributed by atoms with Crippen molar-refractivity contribution in [2.75, 3.05) is 24.3 Å². The van der Waals surface area contributed by atoms with Gasteiger partial charge in [-0.25, -0.2) is 0 Å². The second kappa shape index (κ2) is 7.46. The molecule has 0 fully saturated rings. The van der Waals surface area contributed by atoms with E-state index in [4.69, 9.17) is 16.2 Å². The zero-order valence-corrected chi connectivity index (χ0v) is 12.8. The first-order valence-electron chi connectivity index (χ1n) is 6.36. The van der Waals surface area contributed by atoms with Gasteiger partial charge in [-0.2, -0.15) is 15.0 Å². The maximum Gasteiger partial charge on any atom is 0.230 e. The molecule has 0 radical (unpaired) electrons. The largest absolute Gasteiger partial charge is 0.497 e. The fraction of sp³-hybridized carbons (Fsp3) is 0.231. The zero-order valence-electron chi connectivity index (χ0n) is 11.9. The van der Waals surface area contributed by atoms with E-state index >= 15 is 0 Å². The topological polar surface area (TPSA) is 129 Å². The predicted molar refractivity (Wildman–Crippen MR) is 84.2 cm³/mol. The number of nitrogens with one attached hydrogen (secondary N) is 1. The molecular formula is C13H16N6O2S. The predicted octanol–water partition coefficient (Wildman–Crippen LogP) is 0.453. The Bertz CT molecular complexity index is 629. The minimum absolute atomic E-state index is 0.0358. The van der Waals surface area contributed by atoms with Crippen molar-refractivity contribution in [2.45, 2.75) is 11.7 Å². The van der Waals surface area contributed by atoms with Crippen LogP contribution in [-0.4, -0.2) is 33.7 Å². The number of hydrogen-bond acceptors (Lipinski definition) is 8. The van der Waals surface area contributed by atoms with Gasteiger partial charge in [-0.15, -0.1) is 0 Å². The van der Waals surface area contributed by atoms with Crippen LogP contribution >= 0.6 is 11.8 Å². The van der Waals surface area contributed by atoms with Crippen molar-refractivity contribution in [3.05, 3.63) is 29.8 Å². The maximum absolute atomic E-state index is 11.8. The summed E-state index contributed by atoms with van der Waals surface area (Å²) in [6.45, 7) is 0.435.